The number of ether oxygens (including phenoxy) is 1. The highest BCUT2D eigenvalue weighted by atomic mass is 35.5. The molecule has 0 radical (unpaired) electrons. The number of benzene rings is 1. The molecule has 2 aliphatic rings. The van der Waals surface area contributed by atoms with Gasteiger partial charge in [0.15, 0.2) is 5.78 Å². The molecule has 0 aromatic heterocycles. The molecular formula is C15H16Cl2O2. The van der Waals surface area contributed by atoms with Gasteiger partial charge in [-0.15, -0.1) is 0 Å². The normalized spacial score (nSPS) is 28.7. The van der Waals surface area contributed by atoms with E-state index in [0.717, 1.165) is 0 Å². The van der Waals surface area contributed by atoms with E-state index in [2.05, 4.69) is 0 Å². The third-order valence-electron chi connectivity index (χ3n) is 4.47. The van der Waals surface area contributed by atoms with E-state index < -0.39 is 0 Å². The molecular weight excluding hydrogens is 283 g/mol. The van der Waals surface area contributed by atoms with Crippen LogP contribution in [0.1, 0.15) is 36.0 Å². The van der Waals surface area contributed by atoms with Gasteiger partial charge >= 0.3 is 0 Å². The number of rotatable bonds is 3. The van der Waals surface area contributed by atoms with Crippen molar-refractivity contribution in [1.82, 2.24) is 0 Å². The van der Waals surface area contributed by atoms with Gasteiger partial charge in [-0.25, -0.2) is 0 Å². The molecule has 2 unspecified atom stereocenters. The molecule has 0 saturated heterocycles. The van der Waals surface area contributed by atoms with Crippen LogP contribution in [0, 0.1) is 17.8 Å². The van der Waals surface area contributed by atoms with Gasteiger partial charge in [0.2, 0.25) is 0 Å². The van der Waals surface area contributed by atoms with Gasteiger partial charge in [0.05, 0.1) is 17.2 Å². The van der Waals surface area contributed by atoms with Crippen molar-refractivity contribution in [3.8, 4) is 5.75 Å². The monoisotopic (exact) mass is 298 g/mol. The Labute approximate surface area is 123 Å². The summed E-state index contributed by atoms with van der Waals surface area (Å²) in [6.45, 7) is 0. The Hall–Kier alpha value is -0.730. The van der Waals surface area contributed by atoms with E-state index >= 15 is 0 Å². The number of methoxy groups -OCH3 is 1. The minimum absolute atomic E-state index is 0.159. The lowest BCUT2D eigenvalue weighted by molar-refractivity contribution is 0.0956. The van der Waals surface area contributed by atoms with Gasteiger partial charge < -0.3 is 4.74 Å². The van der Waals surface area contributed by atoms with E-state index in [0.29, 0.717) is 33.2 Å². The third-order valence-corrected chi connectivity index (χ3v) is 5.07. The zero-order valence-corrected chi connectivity index (χ0v) is 12.3. The minimum atomic E-state index is 0.159. The highest BCUT2D eigenvalue weighted by Crippen LogP contribution is 2.57. The van der Waals surface area contributed by atoms with Gasteiger partial charge in [-0.05, 0) is 30.7 Å². The van der Waals surface area contributed by atoms with E-state index in [4.69, 9.17) is 27.9 Å². The van der Waals surface area contributed by atoms with Crippen LogP contribution in [0.5, 0.6) is 5.75 Å². The Bertz CT molecular complexity index is 515. The van der Waals surface area contributed by atoms with Crippen LogP contribution in [0.2, 0.25) is 10.0 Å². The highest BCUT2D eigenvalue weighted by Gasteiger charge is 2.54. The lowest BCUT2D eigenvalue weighted by Crippen LogP contribution is -2.05. The molecule has 1 aromatic rings. The number of hydrogen-bond acceptors (Lipinski definition) is 2. The Morgan fingerprint density at radius 3 is 2.37 bits per heavy atom. The molecule has 0 bridgehead atoms. The minimum Gasteiger partial charge on any atom is -0.495 e. The molecule has 1 aromatic carbocycles. The van der Waals surface area contributed by atoms with Crippen LogP contribution in [0.25, 0.3) is 0 Å². The largest absolute Gasteiger partial charge is 0.495 e. The molecule has 102 valence electrons. The molecule has 2 nitrogen and oxygen atoms in total. The maximum absolute atomic E-state index is 12.6. The Kier molecular flexibility index (Phi) is 3.48. The van der Waals surface area contributed by atoms with Crippen LogP contribution in [-0.2, 0) is 0 Å². The molecule has 0 spiro atoms. The maximum atomic E-state index is 12.6. The fraction of sp³-hybridized carbons (Fsp3) is 0.533. The van der Waals surface area contributed by atoms with Crippen LogP contribution < -0.4 is 4.74 Å². The van der Waals surface area contributed by atoms with Crippen molar-refractivity contribution in [3.63, 3.8) is 0 Å². The number of carbonyl (C=O) groups is 1. The fourth-order valence-electron chi connectivity index (χ4n) is 3.43. The first-order valence-electron chi connectivity index (χ1n) is 6.70. The predicted octanol–water partition coefficient (Wildman–Crippen LogP) is 4.62. The number of hydrogen-bond donors (Lipinski definition) is 0. The molecule has 3 rings (SSSR count). The van der Waals surface area contributed by atoms with Crippen LogP contribution in [0.3, 0.4) is 0 Å². The molecule has 2 saturated carbocycles. The Morgan fingerprint density at radius 1 is 1.16 bits per heavy atom. The summed E-state index contributed by atoms with van der Waals surface area (Å²) in [6.07, 6.45) is 4.87. The quantitative estimate of drug-likeness (QED) is 0.761. The number of halogens is 2. The molecule has 2 atom stereocenters. The molecule has 0 amide bonds. The molecule has 0 aliphatic heterocycles. The smallest absolute Gasteiger partial charge is 0.168 e. The van der Waals surface area contributed by atoms with Gasteiger partial charge in [-0.3, -0.25) is 4.79 Å². The van der Waals surface area contributed by atoms with Gasteiger partial charge in [-0.1, -0.05) is 36.0 Å². The summed E-state index contributed by atoms with van der Waals surface area (Å²) >= 11 is 12.3. The van der Waals surface area contributed by atoms with Gasteiger partial charge in [0.25, 0.3) is 0 Å². The summed E-state index contributed by atoms with van der Waals surface area (Å²) < 4.78 is 5.10. The van der Waals surface area contributed by atoms with Gasteiger partial charge in [0, 0.05) is 17.5 Å². The average Bonchev–Trinajstić information content (AvgIpc) is 3.14. The van der Waals surface area contributed by atoms with Crippen molar-refractivity contribution in [2.75, 3.05) is 7.11 Å². The van der Waals surface area contributed by atoms with Crippen LogP contribution in [0.4, 0.5) is 0 Å². The average molecular weight is 299 g/mol. The number of carbonyl (C=O) groups excluding carboxylic acids is 1. The molecule has 4 heteroatoms. The van der Waals surface area contributed by atoms with E-state index in [1.54, 1.807) is 12.1 Å². The second-order valence-electron chi connectivity index (χ2n) is 5.47. The zero-order chi connectivity index (χ0) is 13.6. The number of Topliss-reactive ketones (excluding diaryl/α,β-unsaturated/α-hetero) is 1. The standard InChI is InChI=1S/C15H16Cl2O2/c1-19-13-7-11(16)10(6-12(13)17)15(18)14-8-4-2-3-5-9(8)14/h6-9,14H,2-5H2,1H3. The second-order valence-corrected chi connectivity index (χ2v) is 6.28. The van der Waals surface area contributed by atoms with E-state index in [1.165, 1.54) is 32.8 Å². The Balaban J connectivity index is 1.86. The van der Waals surface area contributed by atoms with Crippen molar-refractivity contribution in [2.24, 2.45) is 17.8 Å². The summed E-state index contributed by atoms with van der Waals surface area (Å²) in [6, 6.07) is 3.28. The molecule has 2 fully saturated rings. The van der Waals surface area contributed by atoms with Crippen molar-refractivity contribution in [1.29, 1.82) is 0 Å². The first-order valence-corrected chi connectivity index (χ1v) is 7.46. The predicted molar refractivity (Wildman–Crippen MR) is 76.3 cm³/mol. The highest BCUT2D eigenvalue weighted by molar-refractivity contribution is 6.37. The van der Waals surface area contributed by atoms with Crippen LogP contribution in [0.15, 0.2) is 12.1 Å². The second kappa shape index (κ2) is 4.99. The Morgan fingerprint density at radius 2 is 1.79 bits per heavy atom. The van der Waals surface area contributed by atoms with Crippen molar-refractivity contribution < 1.29 is 9.53 Å². The van der Waals surface area contributed by atoms with Crippen LogP contribution >= 0.6 is 23.2 Å². The zero-order valence-electron chi connectivity index (χ0n) is 10.8. The third kappa shape index (κ3) is 2.25. The van der Waals surface area contributed by atoms with Crippen molar-refractivity contribution in [3.05, 3.63) is 27.7 Å². The summed E-state index contributed by atoms with van der Waals surface area (Å²) in [5.74, 6) is 2.00. The van der Waals surface area contributed by atoms with E-state index in [-0.39, 0.29) is 11.7 Å². The SMILES string of the molecule is COc1cc(Cl)c(C(=O)C2C3CCCCC32)cc1Cl. The fourth-order valence-corrected chi connectivity index (χ4v) is 3.92. The lowest BCUT2D eigenvalue weighted by atomic mass is 10.0. The number of ketones is 1. The first-order chi connectivity index (χ1) is 9.13. The van der Waals surface area contributed by atoms with E-state index in [1.807, 2.05) is 0 Å². The molecule has 0 N–H and O–H groups in total. The van der Waals surface area contributed by atoms with Crippen LogP contribution in [-0.4, -0.2) is 12.9 Å². The molecule has 2 aliphatic carbocycles. The van der Waals surface area contributed by atoms with E-state index in [9.17, 15) is 4.79 Å². The summed E-state index contributed by atoms with van der Waals surface area (Å²) in [7, 11) is 1.54. The lowest BCUT2D eigenvalue weighted by Gasteiger charge is -2.08. The maximum Gasteiger partial charge on any atom is 0.168 e. The van der Waals surface area contributed by atoms with Gasteiger partial charge in [-0.2, -0.15) is 0 Å². The van der Waals surface area contributed by atoms with Crippen molar-refractivity contribution in [2.45, 2.75) is 25.7 Å². The summed E-state index contributed by atoms with van der Waals surface area (Å²) in [4.78, 5) is 12.6. The number of fused-ring (bicyclic) bond motifs is 1. The van der Waals surface area contributed by atoms with Gasteiger partial charge in [0.1, 0.15) is 5.75 Å². The molecule has 19 heavy (non-hydrogen) atoms. The summed E-state index contributed by atoms with van der Waals surface area (Å²) in [5.41, 5.74) is 0.548. The first kappa shape index (κ1) is 13.3. The summed E-state index contributed by atoms with van der Waals surface area (Å²) in [5, 5.41) is 0.883. The van der Waals surface area contributed by atoms with Crippen molar-refractivity contribution >= 4 is 29.0 Å². The molecule has 0 heterocycles. The topological polar surface area (TPSA) is 26.3 Å².